The van der Waals surface area contributed by atoms with E-state index in [9.17, 15) is 4.79 Å². The van der Waals surface area contributed by atoms with Crippen LogP contribution in [0.25, 0.3) is 5.00 Å². The Bertz CT molecular complexity index is 1110. The number of aliphatic imine (C=N–C) groups is 1. The SMILES string of the molecule is C1CCC1.CNC(C)=O.Cc1sc2c(c1C)C(c1ccc(Cl)cc1)=NCc1nnc(C)n1-2. The minimum atomic E-state index is 0.00463. The van der Waals surface area contributed by atoms with Crippen molar-refractivity contribution in [1.29, 1.82) is 0 Å². The monoisotopic (exact) mass is 471 g/mol. The van der Waals surface area contributed by atoms with Gasteiger partial charge in [0, 0.05) is 35.0 Å². The third-order valence-corrected chi connectivity index (χ3v) is 6.99. The molecule has 32 heavy (non-hydrogen) atoms. The van der Waals surface area contributed by atoms with Crippen molar-refractivity contribution in [3.05, 3.63) is 62.5 Å². The number of carbonyl (C=O) groups is 1. The molecule has 1 aliphatic heterocycles. The van der Waals surface area contributed by atoms with Gasteiger partial charge in [0.25, 0.3) is 0 Å². The number of rotatable bonds is 1. The largest absolute Gasteiger partial charge is 0.359 e. The molecule has 0 atom stereocenters. The Morgan fingerprint density at radius 2 is 1.66 bits per heavy atom. The van der Waals surface area contributed by atoms with Crippen LogP contribution >= 0.6 is 22.9 Å². The summed E-state index contributed by atoms with van der Waals surface area (Å²) in [4.78, 5) is 15.8. The zero-order valence-corrected chi connectivity index (χ0v) is 20.9. The third kappa shape index (κ3) is 5.45. The van der Waals surface area contributed by atoms with Crippen LogP contribution in [0.5, 0.6) is 0 Å². The van der Waals surface area contributed by atoms with Gasteiger partial charge in [0.05, 0.1) is 5.71 Å². The fourth-order valence-electron chi connectivity index (χ4n) is 3.14. The van der Waals surface area contributed by atoms with E-state index in [1.165, 1.54) is 48.6 Å². The Morgan fingerprint density at radius 1 is 1.06 bits per heavy atom. The lowest BCUT2D eigenvalue weighted by molar-refractivity contribution is -0.118. The van der Waals surface area contributed by atoms with Gasteiger partial charge in [-0.05, 0) is 38.5 Å². The molecule has 0 bridgehead atoms. The molecule has 5 rings (SSSR count). The predicted molar refractivity (Wildman–Crippen MR) is 132 cm³/mol. The molecule has 0 spiro atoms. The average molecular weight is 472 g/mol. The lowest BCUT2D eigenvalue weighted by Gasteiger charge is -2.09. The van der Waals surface area contributed by atoms with E-state index in [2.05, 4.69) is 33.9 Å². The number of carbonyl (C=O) groups excluding carboxylic acids is 1. The van der Waals surface area contributed by atoms with Crippen molar-refractivity contribution in [2.75, 3.05) is 7.05 Å². The van der Waals surface area contributed by atoms with Crippen molar-refractivity contribution in [3.8, 4) is 5.00 Å². The van der Waals surface area contributed by atoms with Crippen molar-refractivity contribution in [3.63, 3.8) is 0 Å². The van der Waals surface area contributed by atoms with Crippen LogP contribution in [-0.4, -0.2) is 33.4 Å². The molecule has 1 aromatic carbocycles. The summed E-state index contributed by atoms with van der Waals surface area (Å²) in [5.74, 6) is 1.79. The van der Waals surface area contributed by atoms with Crippen LogP contribution in [0.3, 0.4) is 0 Å². The minimum absolute atomic E-state index is 0.00463. The van der Waals surface area contributed by atoms with E-state index >= 15 is 0 Å². The second-order valence-electron chi connectivity index (χ2n) is 7.85. The number of amides is 1. The van der Waals surface area contributed by atoms with Crippen LogP contribution in [0.4, 0.5) is 0 Å². The van der Waals surface area contributed by atoms with Gasteiger partial charge in [-0.15, -0.1) is 21.5 Å². The molecular formula is C24H30ClN5OS. The van der Waals surface area contributed by atoms with E-state index in [1.807, 2.05) is 31.2 Å². The smallest absolute Gasteiger partial charge is 0.216 e. The van der Waals surface area contributed by atoms with Crippen molar-refractivity contribution < 1.29 is 4.79 Å². The Hall–Kier alpha value is -2.51. The van der Waals surface area contributed by atoms with Crippen molar-refractivity contribution in [2.45, 2.75) is 59.9 Å². The van der Waals surface area contributed by atoms with Gasteiger partial charge in [0.15, 0.2) is 5.82 Å². The van der Waals surface area contributed by atoms with Gasteiger partial charge in [0.2, 0.25) is 5.91 Å². The van der Waals surface area contributed by atoms with Crippen molar-refractivity contribution in [2.24, 2.45) is 4.99 Å². The number of benzene rings is 1. The first-order valence-corrected chi connectivity index (χ1v) is 12.0. The van der Waals surface area contributed by atoms with Gasteiger partial charge >= 0.3 is 0 Å². The lowest BCUT2D eigenvalue weighted by atomic mass is 10.00. The van der Waals surface area contributed by atoms with Crippen LogP contribution in [0.1, 0.15) is 65.8 Å². The molecule has 1 N–H and O–H groups in total. The van der Waals surface area contributed by atoms with Gasteiger partial charge in [-0.1, -0.05) is 49.4 Å². The van der Waals surface area contributed by atoms with Crippen LogP contribution < -0.4 is 5.32 Å². The zero-order chi connectivity index (χ0) is 23.3. The quantitative estimate of drug-likeness (QED) is 0.504. The number of hydrogen-bond acceptors (Lipinski definition) is 5. The molecule has 0 unspecified atom stereocenters. The number of halogens is 1. The topological polar surface area (TPSA) is 72.2 Å². The summed E-state index contributed by atoms with van der Waals surface area (Å²) in [6, 6.07) is 7.86. The standard InChI is InChI=1S/C17H15ClN4S.C4H8.C3H7NO/c1-9-10(2)23-17-15(9)16(12-4-6-13(18)7-5-12)19-8-14-21-20-11(3)22(14)17;1-2-4-3-1;1-3(5)4-2/h4-7H,8H2,1-3H3;1-4H2;1-2H3,(H,4,5). The molecule has 6 nitrogen and oxygen atoms in total. The lowest BCUT2D eigenvalue weighted by Crippen LogP contribution is -2.11. The van der Waals surface area contributed by atoms with Crippen molar-refractivity contribution >= 4 is 34.6 Å². The molecule has 2 aromatic heterocycles. The van der Waals surface area contributed by atoms with E-state index in [-0.39, 0.29) is 5.91 Å². The molecule has 2 aliphatic rings. The van der Waals surface area contributed by atoms with Gasteiger partial charge < -0.3 is 5.32 Å². The number of nitrogens with zero attached hydrogens (tertiary/aromatic N) is 4. The van der Waals surface area contributed by atoms with Crippen LogP contribution in [0.2, 0.25) is 5.02 Å². The van der Waals surface area contributed by atoms with E-state index in [0.29, 0.717) is 6.54 Å². The molecule has 3 heterocycles. The highest BCUT2D eigenvalue weighted by atomic mass is 35.5. The molecular weight excluding hydrogens is 442 g/mol. The number of fused-ring (bicyclic) bond motifs is 3. The molecule has 3 aromatic rings. The predicted octanol–water partition coefficient (Wildman–Crippen LogP) is 5.57. The second-order valence-corrected chi connectivity index (χ2v) is 9.49. The maximum Gasteiger partial charge on any atom is 0.216 e. The van der Waals surface area contributed by atoms with E-state index in [1.54, 1.807) is 18.4 Å². The first kappa shape index (κ1) is 24.1. The first-order chi connectivity index (χ1) is 15.3. The van der Waals surface area contributed by atoms with Gasteiger partial charge in [-0.3, -0.25) is 14.4 Å². The van der Waals surface area contributed by atoms with Gasteiger partial charge in [-0.2, -0.15) is 0 Å². The summed E-state index contributed by atoms with van der Waals surface area (Å²) < 4.78 is 2.13. The number of thiophene rings is 1. The van der Waals surface area contributed by atoms with Crippen LogP contribution in [-0.2, 0) is 11.3 Å². The van der Waals surface area contributed by atoms with Gasteiger partial charge in [0.1, 0.15) is 17.4 Å². The number of aryl methyl sites for hydroxylation is 2. The fourth-order valence-corrected chi connectivity index (χ4v) is 4.49. The van der Waals surface area contributed by atoms with Crippen LogP contribution in [0, 0.1) is 20.8 Å². The Kier molecular flexibility index (Phi) is 8.21. The summed E-state index contributed by atoms with van der Waals surface area (Å²) in [6.45, 7) is 8.28. The normalized spacial score (nSPS) is 13.6. The Morgan fingerprint density at radius 3 is 2.19 bits per heavy atom. The Balaban J connectivity index is 0.000000270. The fraction of sp³-hybridized carbons (Fsp3) is 0.417. The maximum absolute atomic E-state index is 9.70. The summed E-state index contributed by atoms with van der Waals surface area (Å²) in [5.41, 5.74) is 4.52. The summed E-state index contributed by atoms with van der Waals surface area (Å²) in [5, 5.41) is 12.8. The zero-order valence-electron chi connectivity index (χ0n) is 19.3. The summed E-state index contributed by atoms with van der Waals surface area (Å²) >= 11 is 7.80. The van der Waals surface area contributed by atoms with Crippen molar-refractivity contribution in [1.82, 2.24) is 20.1 Å². The van der Waals surface area contributed by atoms with E-state index < -0.39 is 0 Å². The molecule has 1 fully saturated rings. The minimum Gasteiger partial charge on any atom is -0.359 e. The first-order valence-electron chi connectivity index (χ1n) is 10.8. The Labute approximate surface area is 198 Å². The summed E-state index contributed by atoms with van der Waals surface area (Å²) in [7, 11) is 1.60. The molecule has 1 amide bonds. The van der Waals surface area contributed by atoms with E-state index in [0.717, 1.165) is 32.9 Å². The highest BCUT2D eigenvalue weighted by Crippen LogP contribution is 2.36. The highest BCUT2D eigenvalue weighted by Gasteiger charge is 2.26. The molecule has 0 radical (unpaired) electrons. The molecule has 1 saturated carbocycles. The van der Waals surface area contributed by atoms with E-state index in [4.69, 9.17) is 16.6 Å². The third-order valence-electron chi connectivity index (χ3n) is 5.55. The average Bonchev–Trinajstić information content (AvgIpc) is 3.16. The molecule has 0 saturated heterocycles. The summed E-state index contributed by atoms with van der Waals surface area (Å²) in [6.07, 6.45) is 6.00. The molecule has 170 valence electrons. The second kappa shape index (κ2) is 10.9. The number of nitrogens with one attached hydrogen (secondary N) is 1. The van der Waals surface area contributed by atoms with Crippen LogP contribution in [0.15, 0.2) is 29.3 Å². The maximum atomic E-state index is 9.70. The number of aromatic nitrogens is 3. The highest BCUT2D eigenvalue weighted by molar-refractivity contribution is 7.15. The molecule has 8 heteroatoms. The molecule has 1 aliphatic carbocycles. The number of hydrogen-bond donors (Lipinski definition) is 1. The van der Waals surface area contributed by atoms with Gasteiger partial charge in [-0.25, -0.2) is 0 Å².